The Morgan fingerprint density at radius 3 is 0.815 bits per heavy atom. The molecule has 0 aliphatic carbocycles. The van der Waals surface area contributed by atoms with Crippen LogP contribution in [0.1, 0.15) is 113 Å². The van der Waals surface area contributed by atoms with Gasteiger partial charge in [-0.15, -0.1) is 16.1 Å². The third kappa shape index (κ3) is 27.1. The van der Waals surface area contributed by atoms with E-state index in [1.54, 1.807) is 0 Å². The largest absolute Gasteiger partial charge is 2.00 e. The summed E-state index contributed by atoms with van der Waals surface area (Å²) in [4.78, 5) is 0. The predicted octanol–water partition coefficient (Wildman–Crippen LogP) is 4.74. The van der Waals surface area contributed by atoms with E-state index >= 15 is 0 Å². The van der Waals surface area contributed by atoms with Gasteiger partial charge in [-0.1, -0.05) is 104 Å². The first kappa shape index (κ1) is 61.0. The molecule has 0 unspecified atom stereocenters. The summed E-state index contributed by atoms with van der Waals surface area (Å²) in [5.41, 5.74) is 6.13. The zero-order chi connectivity index (χ0) is 39.8. The number of rotatable bonds is 1. The second-order valence-electron chi connectivity index (χ2n) is 18.7. The second kappa shape index (κ2) is 28.7. The van der Waals surface area contributed by atoms with Crippen molar-refractivity contribution in [2.75, 3.05) is 39.6 Å². The Kier molecular flexibility index (Phi) is 32.4. The molecule has 5 nitrogen and oxygen atoms in total. The van der Waals surface area contributed by atoms with Crippen LogP contribution in [-0.2, 0) is 25.0 Å². The van der Waals surface area contributed by atoms with Crippen molar-refractivity contribution in [3.63, 3.8) is 0 Å². The van der Waals surface area contributed by atoms with Gasteiger partial charge < -0.3 is 37.5 Å². The topological polar surface area (TPSA) is 73.8 Å². The van der Waals surface area contributed by atoms with Gasteiger partial charge in [0.15, 0.2) is 0 Å². The summed E-state index contributed by atoms with van der Waals surface area (Å²) in [5.74, 6) is -0.0162. The van der Waals surface area contributed by atoms with Crippen molar-refractivity contribution in [3.05, 3.63) is 58.6 Å². The van der Waals surface area contributed by atoms with E-state index in [0.29, 0.717) is 11.1 Å². The monoisotopic (exact) mass is 781 g/mol. The zero-order valence-electron chi connectivity index (χ0n) is 38.8. The molecule has 0 bridgehead atoms. The quantitative estimate of drug-likeness (QED) is 0.309. The average molecular weight is 781 g/mol. The van der Waals surface area contributed by atoms with Crippen molar-refractivity contribution in [2.24, 2.45) is 0 Å². The molecule has 54 heavy (non-hydrogen) atoms. The molecule has 3 fully saturated rings. The number of ether oxygens (including phenoxy) is 3. The third-order valence-corrected chi connectivity index (χ3v) is 7.95. The van der Waals surface area contributed by atoms with Gasteiger partial charge in [-0.3, -0.25) is 0 Å². The third-order valence-electron chi connectivity index (χ3n) is 7.95. The summed E-state index contributed by atoms with van der Waals surface area (Å²) in [6.07, 6.45) is 7.67. The maximum absolute atomic E-state index is 13.4. The smallest absolute Gasteiger partial charge is 0.872 e. The van der Waals surface area contributed by atoms with Gasteiger partial charge in [-0.05, 0) is 122 Å². The van der Waals surface area contributed by atoms with Gasteiger partial charge in [0.2, 0.25) is 0 Å². The Bertz CT molecular complexity index is 1150. The SMILES string of the molecule is C1CCOC1.C1CCOC1.C1CCOC1.Cc1cc(C(C)(C)C)c([O-])c(-c2c(C)c(C)cc(C(C)(C)C)c2[O-])c1C.[CH2-][Si](C)(C)C.[CH2-][Si](C)(C)C.[Li+].[Li+].[Mg+2]. The van der Waals surface area contributed by atoms with Crippen LogP contribution in [0, 0.1) is 40.8 Å². The van der Waals surface area contributed by atoms with E-state index in [9.17, 15) is 10.2 Å². The van der Waals surface area contributed by atoms with E-state index in [2.05, 4.69) is 52.4 Å². The predicted molar refractivity (Wildman–Crippen MR) is 230 cm³/mol. The van der Waals surface area contributed by atoms with Crippen LogP contribution < -0.4 is 47.9 Å². The second-order valence-corrected chi connectivity index (χ2v) is 29.0. The van der Waals surface area contributed by atoms with Crippen molar-refractivity contribution < 1.29 is 62.1 Å². The number of aryl methyl sites for hydroxylation is 2. The van der Waals surface area contributed by atoms with Crippen molar-refractivity contribution in [1.82, 2.24) is 0 Å². The van der Waals surface area contributed by atoms with Crippen LogP contribution in [0.15, 0.2) is 12.1 Å². The minimum absolute atomic E-state index is 0. The number of benzene rings is 2. The molecule has 0 N–H and O–H groups in total. The first-order valence-corrected chi connectivity index (χ1v) is 26.7. The molecule has 0 atom stereocenters. The maximum atomic E-state index is 13.4. The summed E-state index contributed by atoms with van der Waals surface area (Å²) < 4.78 is 14.8. The normalized spacial score (nSPS) is 14.9. The molecule has 0 radical (unpaired) electrons. The molecule has 296 valence electrons. The maximum Gasteiger partial charge on any atom is 2.00 e. The standard InChI is InChI=1S/C24H34O2.3C4H8O.2C4H11Si.2Li.Mg/c1-13-11-17(23(5,6)7)21(25)19(15(13)3)20-16(4)14(2)12-18(22(20)26)24(8,9)10;3*1-2-4-5-3-1;2*1-5(2,3)4;;;/h11-12,25-26H,1-10H3;3*1-4H2;2*1H2,2-4H3;;;/q;;;;2*-1;2*+1;+2/p-2. The summed E-state index contributed by atoms with van der Waals surface area (Å²) in [6.45, 7) is 47.3. The van der Waals surface area contributed by atoms with E-state index in [4.69, 9.17) is 14.2 Å². The van der Waals surface area contributed by atoms with Crippen LogP contribution in [-0.4, -0.2) is 78.8 Å². The van der Waals surface area contributed by atoms with Gasteiger partial charge in [0.25, 0.3) is 0 Å². The van der Waals surface area contributed by atoms with Gasteiger partial charge in [-0.2, -0.15) is 0 Å². The van der Waals surface area contributed by atoms with Gasteiger partial charge in [0.1, 0.15) is 0 Å². The molecule has 0 aromatic heterocycles. The molecule has 0 spiro atoms. The van der Waals surface area contributed by atoms with Gasteiger partial charge in [-0.25, -0.2) is 0 Å². The Balaban J connectivity index is -0.000000358. The molecule has 2 aromatic carbocycles. The molecule has 0 saturated carbocycles. The van der Waals surface area contributed by atoms with Gasteiger partial charge >= 0.3 is 60.8 Å². The summed E-state index contributed by atoms with van der Waals surface area (Å²) in [6, 6.07) is 3.98. The van der Waals surface area contributed by atoms with E-state index in [0.717, 1.165) is 73.0 Å². The fourth-order valence-electron chi connectivity index (χ4n) is 5.03. The Morgan fingerprint density at radius 1 is 0.500 bits per heavy atom. The van der Waals surface area contributed by atoms with Crippen molar-refractivity contribution in [3.8, 4) is 22.6 Å². The fraction of sp³-hybridized carbons (Fsp3) is 0.682. The molecule has 3 saturated heterocycles. The van der Waals surface area contributed by atoms with Crippen LogP contribution in [0.25, 0.3) is 11.1 Å². The minimum Gasteiger partial charge on any atom is -0.872 e. The fourth-order valence-corrected chi connectivity index (χ4v) is 5.03. The molecular weight excluding hydrogens is 703 g/mol. The van der Waals surface area contributed by atoms with E-state index in [1.165, 1.54) is 38.5 Å². The first-order valence-electron chi connectivity index (χ1n) is 19.3. The number of hydrogen-bond acceptors (Lipinski definition) is 5. The molecule has 3 aliphatic rings. The van der Waals surface area contributed by atoms with Crippen LogP contribution in [0.4, 0.5) is 0 Å². The summed E-state index contributed by atoms with van der Waals surface area (Å²) in [7, 11) is -1.72. The van der Waals surface area contributed by atoms with E-state index in [1.807, 2.05) is 81.4 Å². The molecule has 5 rings (SSSR count). The zero-order valence-corrected chi connectivity index (χ0v) is 42.2. The van der Waals surface area contributed by atoms with Gasteiger partial charge in [0, 0.05) is 39.6 Å². The minimum atomic E-state index is -0.861. The Morgan fingerprint density at radius 2 is 0.685 bits per heavy atom. The van der Waals surface area contributed by atoms with E-state index in [-0.39, 0.29) is 83.1 Å². The molecule has 3 aliphatic heterocycles. The summed E-state index contributed by atoms with van der Waals surface area (Å²) in [5, 5.41) is 26.9. The van der Waals surface area contributed by atoms with Crippen molar-refractivity contribution in [1.29, 1.82) is 0 Å². The van der Waals surface area contributed by atoms with Crippen LogP contribution in [0.5, 0.6) is 11.5 Å². The number of hydrogen-bond donors (Lipinski definition) is 0. The first-order chi connectivity index (χ1) is 23.2. The molecule has 0 amide bonds. The Hall–Kier alpha value is 0.315. The van der Waals surface area contributed by atoms with Gasteiger partial charge in [0.05, 0.1) is 0 Å². The average Bonchev–Trinajstić information content (AvgIpc) is 3.78. The molecule has 2 aromatic rings. The van der Waals surface area contributed by atoms with Crippen LogP contribution >= 0.6 is 0 Å². The van der Waals surface area contributed by atoms with Crippen molar-refractivity contribution in [2.45, 2.75) is 158 Å². The Labute approximate surface area is 377 Å². The molecule has 10 heteroatoms. The van der Waals surface area contributed by atoms with Crippen molar-refractivity contribution >= 4 is 39.2 Å². The molecule has 3 heterocycles. The summed E-state index contributed by atoms with van der Waals surface area (Å²) >= 11 is 0. The molecular formula is C44H78Li2MgO5Si2. The van der Waals surface area contributed by atoms with E-state index < -0.39 is 16.1 Å². The van der Waals surface area contributed by atoms with Crippen LogP contribution in [0.3, 0.4) is 0 Å². The van der Waals surface area contributed by atoms with Crippen LogP contribution in [0.2, 0.25) is 39.3 Å².